The number of nitrogens with zero attached hydrogens (tertiary/aromatic N) is 2. The van der Waals surface area contributed by atoms with E-state index in [2.05, 4.69) is 50.2 Å². The van der Waals surface area contributed by atoms with Gasteiger partial charge in [-0.2, -0.15) is 0 Å². The maximum Gasteiger partial charge on any atom is 0.177 e. The fourth-order valence-electron chi connectivity index (χ4n) is 2.58. The van der Waals surface area contributed by atoms with Gasteiger partial charge >= 0.3 is 0 Å². The first-order chi connectivity index (χ1) is 6.59. The molecule has 0 bridgehead atoms. The average molecular weight is 352 g/mol. The van der Waals surface area contributed by atoms with Crippen LogP contribution in [0.1, 0.15) is 24.4 Å². The maximum absolute atomic E-state index is 2.34. The third kappa shape index (κ3) is 3.28. The molecule has 1 atom stereocenters. The highest BCUT2D eigenvalue weighted by atomic mass is 79.9. The van der Waals surface area contributed by atoms with Crippen LogP contribution in [0.25, 0.3) is 0 Å². The SMILES string of the molecule is C[n+]1cccc([C@@H]2CCC[N+]2(C)C)c1.[Br-].[Br-]. The van der Waals surface area contributed by atoms with Gasteiger partial charge in [0.05, 0.1) is 26.2 Å². The van der Waals surface area contributed by atoms with Crippen LogP contribution in [0.3, 0.4) is 0 Å². The predicted molar refractivity (Wildman–Crippen MR) is 56.6 cm³/mol. The number of quaternary nitrogens is 1. The molecule has 0 unspecified atom stereocenters. The topological polar surface area (TPSA) is 3.88 Å². The molecule has 16 heavy (non-hydrogen) atoms. The van der Waals surface area contributed by atoms with Gasteiger partial charge in [-0.3, -0.25) is 0 Å². The summed E-state index contributed by atoms with van der Waals surface area (Å²) in [5.41, 5.74) is 1.48. The molecule has 1 saturated heterocycles. The lowest BCUT2D eigenvalue weighted by Gasteiger charge is -2.31. The minimum atomic E-state index is 0. The van der Waals surface area contributed by atoms with Crippen molar-refractivity contribution in [1.29, 1.82) is 0 Å². The fourth-order valence-corrected chi connectivity index (χ4v) is 2.58. The van der Waals surface area contributed by atoms with Crippen LogP contribution < -0.4 is 38.5 Å². The zero-order valence-electron chi connectivity index (χ0n) is 10.2. The van der Waals surface area contributed by atoms with E-state index in [9.17, 15) is 0 Å². The summed E-state index contributed by atoms with van der Waals surface area (Å²) in [6, 6.07) is 5.10. The van der Waals surface area contributed by atoms with E-state index >= 15 is 0 Å². The Kier molecular flexibility index (Phi) is 6.15. The second kappa shape index (κ2) is 6.12. The quantitative estimate of drug-likeness (QED) is 0.354. The highest BCUT2D eigenvalue weighted by molar-refractivity contribution is 5.10. The zero-order chi connectivity index (χ0) is 10.2. The molecule has 2 nitrogen and oxygen atoms in total. The number of hydrogen-bond acceptors (Lipinski definition) is 0. The predicted octanol–water partition coefficient (Wildman–Crippen LogP) is -4.57. The Morgan fingerprint density at radius 1 is 1.31 bits per heavy atom. The molecule has 1 aromatic rings. The number of pyridine rings is 1. The summed E-state index contributed by atoms with van der Waals surface area (Å²) in [6.45, 7) is 1.31. The molecular formula is C12H20Br2N2. The number of aromatic nitrogens is 1. The van der Waals surface area contributed by atoms with E-state index in [1.165, 1.54) is 24.9 Å². The zero-order valence-corrected chi connectivity index (χ0v) is 13.3. The maximum atomic E-state index is 2.34. The number of aryl methyl sites for hydroxylation is 1. The van der Waals surface area contributed by atoms with Crippen LogP contribution >= 0.6 is 0 Å². The molecule has 0 aliphatic carbocycles. The number of likely N-dealkylation sites (tertiary alicyclic amines) is 1. The Morgan fingerprint density at radius 2 is 2.00 bits per heavy atom. The Balaban J connectivity index is 0.00000112. The van der Waals surface area contributed by atoms with Gasteiger partial charge in [-0.1, -0.05) is 0 Å². The fraction of sp³-hybridized carbons (Fsp3) is 0.583. The van der Waals surface area contributed by atoms with Crippen molar-refractivity contribution in [2.45, 2.75) is 18.9 Å². The van der Waals surface area contributed by atoms with Crippen molar-refractivity contribution in [3.63, 3.8) is 0 Å². The first kappa shape index (κ1) is 16.1. The van der Waals surface area contributed by atoms with Crippen molar-refractivity contribution in [2.75, 3.05) is 20.6 Å². The number of halogens is 2. The smallest absolute Gasteiger partial charge is 0.177 e. The third-order valence-corrected chi connectivity index (χ3v) is 3.40. The van der Waals surface area contributed by atoms with Crippen LogP contribution in [0.4, 0.5) is 0 Å². The summed E-state index contributed by atoms with van der Waals surface area (Å²) < 4.78 is 3.29. The van der Waals surface area contributed by atoms with Crippen molar-refractivity contribution in [3.05, 3.63) is 30.1 Å². The van der Waals surface area contributed by atoms with Gasteiger partial charge in [0.25, 0.3) is 0 Å². The molecule has 1 aromatic heterocycles. The van der Waals surface area contributed by atoms with E-state index in [4.69, 9.17) is 0 Å². The largest absolute Gasteiger partial charge is 1.00 e. The van der Waals surface area contributed by atoms with E-state index < -0.39 is 0 Å². The number of rotatable bonds is 1. The molecule has 1 aliphatic heterocycles. The van der Waals surface area contributed by atoms with E-state index in [1.54, 1.807) is 0 Å². The highest BCUT2D eigenvalue weighted by Gasteiger charge is 2.36. The monoisotopic (exact) mass is 350 g/mol. The molecule has 1 aliphatic rings. The minimum Gasteiger partial charge on any atom is -1.00 e. The second-order valence-corrected chi connectivity index (χ2v) is 4.96. The Hall–Kier alpha value is 0.0700. The van der Waals surface area contributed by atoms with Gasteiger partial charge in [0, 0.05) is 18.9 Å². The van der Waals surface area contributed by atoms with Crippen molar-refractivity contribution in [3.8, 4) is 0 Å². The van der Waals surface area contributed by atoms with Crippen molar-refractivity contribution in [2.24, 2.45) is 7.05 Å². The third-order valence-electron chi connectivity index (χ3n) is 3.40. The summed E-state index contributed by atoms with van der Waals surface area (Å²) in [7, 11) is 6.77. The van der Waals surface area contributed by atoms with Gasteiger partial charge < -0.3 is 38.4 Å². The Bertz CT molecular complexity index is 340. The van der Waals surface area contributed by atoms with Crippen LogP contribution in [-0.2, 0) is 7.05 Å². The molecular weight excluding hydrogens is 332 g/mol. The first-order valence-electron chi connectivity index (χ1n) is 5.37. The molecule has 0 saturated carbocycles. The molecule has 0 radical (unpaired) electrons. The van der Waals surface area contributed by atoms with E-state index in [-0.39, 0.29) is 34.0 Å². The molecule has 2 rings (SSSR count). The molecule has 1 fully saturated rings. The van der Waals surface area contributed by atoms with E-state index in [0.29, 0.717) is 6.04 Å². The average Bonchev–Trinajstić information content (AvgIpc) is 2.45. The normalized spacial score (nSPS) is 22.1. The van der Waals surface area contributed by atoms with Crippen molar-refractivity contribution >= 4 is 0 Å². The Morgan fingerprint density at radius 3 is 2.50 bits per heavy atom. The standard InChI is InChI=1S/C12H20N2.2BrH/c1-13-8-4-6-11(10-13)12-7-5-9-14(12,2)3;;/h4,6,8,10,12H,5,7,9H2,1-3H3;2*1H/q+2;;/p-2/t12-;;/m0../s1. The molecule has 0 spiro atoms. The van der Waals surface area contributed by atoms with Gasteiger partial charge in [0.1, 0.15) is 13.1 Å². The van der Waals surface area contributed by atoms with Crippen molar-refractivity contribution < 1.29 is 43.0 Å². The minimum absolute atomic E-state index is 0. The Labute approximate surface area is 119 Å². The molecule has 4 heteroatoms. The summed E-state index contributed by atoms with van der Waals surface area (Å²) in [5, 5.41) is 0. The molecule has 0 amide bonds. The van der Waals surface area contributed by atoms with Crippen LogP contribution in [0, 0.1) is 0 Å². The highest BCUT2D eigenvalue weighted by Crippen LogP contribution is 2.34. The van der Waals surface area contributed by atoms with E-state index in [0.717, 1.165) is 4.48 Å². The van der Waals surface area contributed by atoms with Gasteiger partial charge in [-0.25, -0.2) is 4.57 Å². The second-order valence-electron chi connectivity index (χ2n) is 4.96. The van der Waals surface area contributed by atoms with Crippen LogP contribution in [0.5, 0.6) is 0 Å². The molecule has 0 N–H and O–H groups in total. The van der Waals surface area contributed by atoms with Gasteiger partial charge in [0.2, 0.25) is 0 Å². The first-order valence-corrected chi connectivity index (χ1v) is 5.37. The summed E-state index contributed by atoms with van der Waals surface area (Å²) in [5.74, 6) is 0. The summed E-state index contributed by atoms with van der Waals surface area (Å²) in [4.78, 5) is 0. The lowest BCUT2D eigenvalue weighted by atomic mass is 10.1. The number of hydrogen-bond donors (Lipinski definition) is 0. The lowest BCUT2D eigenvalue weighted by Crippen LogP contribution is -3.00. The molecule has 92 valence electrons. The van der Waals surface area contributed by atoms with Gasteiger partial charge in [-0.05, 0) is 6.07 Å². The lowest BCUT2D eigenvalue weighted by molar-refractivity contribution is -0.908. The van der Waals surface area contributed by atoms with E-state index in [1.807, 2.05) is 0 Å². The van der Waals surface area contributed by atoms with Gasteiger partial charge in [-0.15, -0.1) is 0 Å². The molecule has 2 heterocycles. The molecule has 0 aromatic carbocycles. The van der Waals surface area contributed by atoms with Crippen molar-refractivity contribution in [1.82, 2.24) is 0 Å². The summed E-state index contributed by atoms with van der Waals surface area (Å²) in [6.07, 6.45) is 7.04. The van der Waals surface area contributed by atoms with Crippen LogP contribution in [0.15, 0.2) is 24.5 Å². The van der Waals surface area contributed by atoms with Crippen LogP contribution in [-0.4, -0.2) is 25.1 Å². The summed E-state index contributed by atoms with van der Waals surface area (Å²) >= 11 is 0. The van der Waals surface area contributed by atoms with Crippen LogP contribution in [0.2, 0.25) is 0 Å². The van der Waals surface area contributed by atoms with Gasteiger partial charge in [0.15, 0.2) is 12.4 Å².